The maximum Gasteiger partial charge on any atom is 0.195 e. The smallest absolute Gasteiger partial charge is 0.195 e. The van der Waals surface area contributed by atoms with Gasteiger partial charge in [0.15, 0.2) is 5.78 Å². The van der Waals surface area contributed by atoms with Crippen LogP contribution < -0.4 is 0 Å². The summed E-state index contributed by atoms with van der Waals surface area (Å²) in [5.41, 5.74) is 1.92. The molecule has 0 saturated heterocycles. The van der Waals surface area contributed by atoms with Crippen LogP contribution in [0.15, 0.2) is 41.1 Å². The SMILES string of the molecule is CCCCCCCCC1(C)C=C(SC2CCCCC2)C(=O)C1=Cc1ccncc1. The number of thioether (sulfide) groups is 1. The Hall–Kier alpha value is -1.35. The molecule has 0 N–H and O–H groups in total. The van der Waals surface area contributed by atoms with Gasteiger partial charge < -0.3 is 0 Å². The van der Waals surface area contributed by atoms with Gasteiger partial charge in [-0.1, -0.05) is 77.7 Å². The highest BCUT2D eigenvalue weighted by Gasteiger charge is 2.40. The van der Waals surface area contributed by atoms with Gasteiger partial charge in [0.2, 0.25) is 0 Å². The van der Waals surface area contributed by atoms with E-state index < -0.39 is 0 Å². The van der Waals surface area contributed by atoms with E-state index in [0.717, 1.165) is 22.5 Å². The minimum absolute atomic E-state index is 0.137. The third-order valence-corrected chi connectivity index (χ3v) is 7.81. The Bertz CT molecular complexity index is 717. The zero-order chi connectivity index (χ0) is 20.5. The number of nitrogens with zero attached hydrogens (tertiary/aromatic N) is 1. The molecule has 3 rings (SSSR count). The van der Waals surface area contributed by atoms with Gasteiger partial charge in [0.05, 0.1) is 4.91 Å². The Kier molecular flexibility index (Phi) is 8.59. The lowest BCUT2D eigenvalue weighted by molar-refractivity contribution is -0.111. The zero-order valence-electron chi connectivity index (χ0n) is 18.3. The molecule has 1 aromatic rings. The van der Waals surface area contributed by atoms with Crippen LogP contribution in [0.3, 0.4) is 0 Å². The van der Waals surface area contributed by atoms with Crippen LogP contribution >= 0.6 is 11.8 Å². The first-order valence-corrected chi connectivity index (χ1v) is 12.6. The summed E-state index contributed by atoms with van der Waals surface area (Å²) in [7, 11) is 0. The minimum Gasteiger partial charge on any atom is -0.288 e. The predicted molar refractivity (Wildman–Crippen MR) is 126 cm³/mol. The molecular formula is C26H37NOS. The number of aromatic nitrogens is 1. The fraction of sp³-hybridized carbons (Fsp3) is 0.615. The van der Waals surface area contributed by atoms with Crippen LogP contribution in [0, 0.1) is 5.41 Å². The lowest BCUT2D eigenvalue weighted by Crippen LogP contribution is -2.16. The summed E-state index contributed by atoms with van der Waals surface area (Å²) in [6.45, 7) is 4.54. The van der Waals surface area contributed by atoms with Crippen molar-refractivity contribution in [3.05, 3.63) is 46.6 Å². The number of hydrogen-bond donors (Lipinski definition) is 0. The summed E-state index contributed by atoms with van der Waals surface area (Å²) >= 11 is 1.86. The first kappa shape index (κ1) is 22.3. The Balaban J connectivity index is 1.73. The van der Waals surface area contributed by atoms with E-state index in [1.807, 2.05) is 36.3 Å². The quantitative estimate of drug-likeness (QED) is 0.291. The summed E-state index contributed by atoms with van der Waals surface area (Å²) in [4.78, 5) is 18.5. The van der Waals surface area contributed by atoms with Crippen molar-refractivity contribution in [2.45, 2.75) is 96.1 Å². The Labute approximate surface area is 181 Å². The lowest BCUT2D eigenvalue weighted by atomic mass is 9.79. The fourth-order valence-corrected chi connectivity index (χ4v) is 6.08. The van der Waals surface area contributed by atoms with E-state index >= 15 is 0 Å². The van der Waals surface area contributed by atoms with Gasteiger partial charge in [0.25, 0.3) is 0 Å². The molecule has 1 unspecified atom stereocenters. The van der Waals surface area contributed by atoms with Crippen molar-refractivity contribution in [2.75, 3.05) is 0 Å². The van der Waals surface area contributed by atoms with Gasteiger partial charge in [-0.3, -0.25) is 9.78 Å². The van der Waals surface area contributed by atoms with Crippen molar-refractivity contribution in [3.63, 3.8) is 0 Å². The van der Waals surface area contributed by atoms with Gasteiger partial charge in [0.1, 0.15) is 0 Å². The van der Waals surface area contributed by atoms with Crippen LogP contribution in [0.1, 0.15) is 96.5 Å². The number of pyridine rings is 1. The molecule has 1 heterocycles. The van der Waals surface area contributed by atoms with E-state index in [9.17, 15) is 4.79 Å². The van der Waals surface area contributed by atoms with Crippen molar-refractivity contribution in [1.29, 1.82) is 0 Å². The number of Topliss-reactive ketones (excluding diaryl/α,β-unsaturated/α-hetero) is 1. The molecule has 0 spiro atoms. The van der Waals surface area contributed by atoms with Gasteiger partial charge in [-0.2, -0.15) is 0 Å². The molecule has 1 atom stereocenters. The van der Waals surface area contributed by atoms with Gasteiger partial charge >= 0.3 is 0 Å². The second-order valence-corrected chi connectivity index (χ2v) is 10.3. The summed E-state index contributed by atoms with van der Waals surface area (Å²) in [5, 5.41) is 0.623. The summed E-state index contributed by atoms with van der Waals surface area (Å²) < 4.78 is 0. The minimum atomic E-state index is -0.137. The van der Waals surface area contributed by atoms with E-state index in [4.69, 9.17) is 0 Å². The molecule has 0 radical (unpaired) electrons. The van der Waals surface area contributed by atoms with E-state index in [-0.39, 0.29) is 11.2 Å². The standard InChI is InChI=1S/C26H37NOS/c1-3-4-5-6-7-11-16-26(2)20-24(29-22-12-9-8-10-13-22)25(28)23(26)19-21-14-17-27-18-15-21/h14-15,17-20,22H,3-13,16H2,1-2H3. The Morgan fingerprint density at radius 2 is 1.76 bits per heavy atom. The largest absolute Gasteiger partial charge is 0.288 e. The molecule has 2 aliphatic rings. The number of unbranched alkanes of at least 4 members (excludes halogenated alkanes) is 5. The third kappa shape index (κ3) is 6.31. The molecule has 2 nitrogen and oxygen atoms in total. The first-order valence-electron chi connectivity index (χ1n) is 11.7. The number of hydrogen-bond acceptors (Lipinski definition) is 3. The van der Waals surface area contributed by atoms with Crippen molar-refractivity contribution in [2.24, 2.45) is 5.41 Å². The first-order chi connectivity index (χ1) is 14.1. The van der Waals surface area contributed by atoms with E-state index in [1.54, 1.807) is 0 Å². The summed E-state index contributed by atoms with van der Waals surface area (Å²) in [6.07, 6.45) is 23.3. The number of carbonyl (C=O) groups is 1. The van der Waals surface area contributed by atoms with Gasteiger partial charge in [-0.25, -0.2) is 0 Å². The van der Waals surface area contributed by atoms with Crippen LogP contribution in [-0.4, -0.2) is 16.0 Å². The van der Waals surface area contributed by atoms with E-state index in [1.165, 1.54) is 70.6 Å². The predicted octanol–water partition coefficient (Wildman–Crippen LogP) is 7.75. The van der Waals surface area contributed by atoms with E-state index in [0.29, 0.717) is 5.25 Å². The highest BCUT2D eigenvalue weighted by atomic mass is 32.2. The normalized spacial score (nSPS) is 24.3. The van der Waals surface area contributed by atoms with Crippen LogP contribution in [-0.2, 0) is 4.79 Å². The molecule has 3 heteroatoms. The van der Waals surface area contributed by atoms with Gasteiger partial charge in [0, 0.05) is 28.6 Å². The topological polar surface area (TPSA) is 30.0 Å². The monoisotopic (exact) mass is 411 g/mol. The van der Waals surface area contributed by atoms with Crippen molar-refractivity contribution in [1.82, 2.24) is 4.98 Å². The zero-order valence-corrected chi connectivity index (χ0v) is 19.1. The van der Waals surface area contributed by atoms with E-state index in [2.05, 4.69) is 31.0 Å². The molecule has 0 aliphatic heterocycles. The maximum absolute atomic E-state index is 13.4. The number of ketones is 1. The number of carbonyl (C=O) groups excluding carboxylic acids is 1. The molecule has 158 valence electrons. The Morgan fingerprint density at radius 1 is 1.07 bits per heavy atom. The summed E-state index contributed by atoms with van der Waals surface area (Å²) in [5.74, 6) is 0.269. The highest BCUT2D eigenvalue weighted by molar-refractivity contribution is 8.04. The average Bonchev–Trinajstić information content (AvgIpc) is 2.97. The van der Waals surface area contributed by atoms with Gasteiger partial charge in [-0.05, 0) is 43.0 Å². The molecule has 29 heavy (non-hydrogen) atoms. The molecule has 0 bridgehead atoms. The lowest BCUT2D eigenvalue weighted by Gasteiger charge is -2.23. The van der Waals surface area contributed by atoms with Crippen LogP contribution in [0.4, 0.5) is 0 Å². The fourth-order valence-electron chi connectivity index (χ4n) is 4.61. The second-order valence-electron chi connectivity index (χ2n) is 8.99. The van der Waals surface area contributed by atoms with Crippen LogP contribution in [0.2, 0.25) is 0 Å². The molecule has 1 aromatic heterocycles. The van der Waals surface area contributed by atoms with Crippen molar-refractivity contribution < 1.29 is 4.79 Å². The molecule has 2 aliphatic carbocycles. The second kappa shape index (κ2) is 11.2. The molecular weight excluding hydrogens is 374 g/mol. The number of rotatable bonds is 10. The summed E-state index contributed by atoms with van der Waals surface area (Å²) in [6, 6.07) is 4.00. The van der Waals surface area contributed by atoms with Crippen molar-refractivity contribution >= 4 is 23.6 Å². The number of allylic oxidation sites excluding steroid dienone is 3. The third-order valence-electron chi connectivity index (χ3n) is 6.45. The average molecular weight is 412 g/mol. The maximum atomic E-state index is 13.4. The highest BCUT2D eigenvalue weighted by Crippen LogP contribution is 2.48. The molecule has 1 fully saturated rings. The van der Waals surface area contributed by atoms with Gasteiger partial charge in [-0.15, -0.1) is 11.8 Å². The Morgan fingerprint density at radius 3 is 2.48 bits per heavy atom. The van der Waals surface area contributed by atoms with Crippen LogP contribution in [0.25, 0.3) is 6.08 Å². The van der Waals surface area contributed by atoms with Crippen molar-refractivity contribution in [3.8, 4) is 0 Å². The molecule has 0 aromatic carbocycles. The van der Waals surface area contributed by atoms with Crippen LogP contribution in [0.5, 0.6) is 0 Å². The molecule has 0 amide bonds. The molecule has 1 saturated carbocycles.